The summed E-state index contributed by atoms with van der Waals surface area (Å²) in [6.07, 6.45) is -2.15. The highest BCUT2D eigenvalue weighted by atomic mass is 35.5. The van der Waals surface area contributed by atoms with E-state index in [2.05, 4.69) is 19.4 Å². The van der Waals surface area contributed by atoms with Crippen LogP contribution < -0.4 is 9.47 Å². The minimum absolute atomic E-state index is 0.0520. The third-order valence-electron chi connectivity index (χ3n) is 9.89. The standard InChI is InChI=1S/C24H18ClF3N2O3.C23H16ClF3N2O3/c1-32-23(31)20-12-18(25)13-29-21(20)11-15-5-6-22-17(9-15)7-8-30(22)14-16-3-2-4-19(10-16)33-24(26,27)28;24-17-11-19(22(30)31)20(28-12-17)10-14-4-5-21-16(8-14)6-7-29(21)13-15-2-1-3-18(9-15)32-23(25,26)27/h2-10,12-13H,11,14H2,1H3;1-9,11-12H,10,13H2,(H,30,31). The number of carbonyl (C=O) groups is 2. The van der Waals surface area contributed by atoms with Crippen molar-refractivity contribution < 1.29 is 55.2 Å². The van der Waals surface area contributed by atoms with Crippen LogP contribution in [0.1, 0.15) is 54.4 Å². The van der Waals surface area contributed by atoms with Crippen LogP contribution in [0.3, 0.4) is 0 Å². The highest BCUT2D eigenvalue weighted by molar-refractivity contribution is 6.31. The van der Waals surface area contributed by atoms with E-state index in [4.69, 9.17) is 27.9 Å². The summed E-state index contributed by atoms with van der Waals surface area (Å²) in [4.78, 5) is 32.0. The van der Waals surface area contributed by atoms with Crippen LogP contribution in [-0.4, -0.2) is 56.0 Å². The van der Waals surface area contributed by atoms with Gasteiger partial charge in [0.2, 0.25) is 0 Å². The number of nitrogens with zero attached hydrogens (tertiary/aromatic N) is 4. The number of alkyl halides is 6. The fourth-order valence-electron chi connectivity index (χ4n) is 7.15. The summed E-state index contributed by atoms with van der Waals surface area (Å²) in [5.41, 5.74) is 6.25. The molecule has 4 aromatic heterocycles. The number of carbonyl (C=O) groups excluding carboxylic acids is 1. The number of aromatic nitrogens is 4. The van der Waals surface area contributed by atoms with Gasteiger partial charge in [-0.25, -0.2) is 9.59 Å². The molecule has 0 aliphatic heterocycles. The van der Waals surface area contributed by atoms with Crippen LogP contribution in [0.5, 0.6) is 11.5 Å². The number of rotatable bonds is 12. The normalized spacial score (nSPS) is 11.6. The topological polar surface area (TPSA) is 118 Å². The fourth-order valence-corrected chi connectivity index (χ4v) is 7.46. The zero-order chi connectivity index (χ0) is 46.5. The fraction of sp³-hybridized carbons (Fsp3) is 0.149. The first-order valence-electron chi connectivity index (χ1n) is 19.3. The number of aromatic carboxylic acids is 1. The van der Waals surface area contributed by atoms with Crippen molar-refractivity contribution in [2.24, 2.45) is 0 Å². The molecule has 0 spiro atoms. The van der Waals surface area contributed by atoms with E-state index in [9.17, 15) is 41.0 Å². The Morgan fingerprint density at radius 1 is 0.600 bits per heavy atom. The van der Waals surface area contributed by atoms with E-state index < -0.39 is 24.7 Å². The molecule has 0 fully saturated rings. The Morgan fingerprint density at radius 2 is 1.05 bits per heavy atom. The molecule has 0 aliphatic rings. The number of carboxylic acids is 1. The molecule has 334 valence electrons. The minimum atomic E-state index is -4.74. The number of ether oxygens (including phenoxy) is 3. The van der Waals surface area contributed by atoms with Crippen LogP contribution in [0.2, 0.25) is 10.0 Å². The summed E-state index contributed by atoms with van der Waals surface area (Å²) < 4.78 is 91.6. The number of pyridine rings is 2. The predicted molar refractivity (Wildman–Crippen MR) is 231 cm³/mol. The molecule has 4 aromatic carbocycles. The van der Waals surface area contributed by atoms with Crippen molar-refractivity contribution in [2.45, 2.75) is 38.7 Å². The van der Waals surface area contributed by atoms with Crippen LogP contribution in [-0.2, 0) is 30.7 Å². The maximum atomic E-state index is 12.5. The summed E-state index contributed by atoms with van der Waals surface area (Å²) >= 11 is 11.8. The summed E-state index contributed by atoms with van der Waals surface area (Å²) in [5, 5.41) is 11.8. The molecule has 0 bridgehead atoms. The van der Waals surface area contributed by atoms with Gasteiger partial charge in [-0.2, -0.15) is 0 Å². The Bertz CT molecular complexity index is 3020. The van der Waals surface area contributed by atoms with Crippen molar-refractivity contribution in [1.29, 1.82) is 0 Å². The Labute approximate surface area is 376 Å². The van der Waals surface area contributed by atoms with Crippen molar-refractivity contribution in [3.8, 4) is 11.5 Å². The molecule has 0 amide bonds. The average Bonchev–Trinajstić information content (AvgIpc) is 3.83. The van der Waals surface area contributed by atoms with Crippen LogP contribution in [0.25, 0.3) is 21.8 Å². The molecule has 0 unspecified atom stereocenters. The lowest BCUT2D eigenvalue weighted by molar-refractivity contribution is -0.275. The Balaban J connectivity index is 0.000000194. The Morgan fingerprint density at radius 3 is 1.48 bits per heavy atom. The van der Waals surface area contributed by atoms with E-state index >= 15 is 0 Å². The summed E-state index contributed by atoms with van der Waals surface area (Å²) in [7, 11) is 1.30. The highest BCUT2D eigenvalue weighted by Gasteiger charge is 2.32. The van der Waals surface area contributed by atoms with Gasteiger partial charge in [-0.05, 0) is 106 Å². The molecular weight excluding hydrogens is 901 g/mol. The first-order chi connectivity index (χ1) is 30.9. The van der Waals surface area contributed by atoms with Gasteiger partial charge in [-0.1, -0.05) is 59.6 Å². The van der Waals surface area contributed by atoms with E-state index in [-0.39, 0.29) is 22.1 Å². The summed E-state index contributed by atoms with van der Waals surface area (Å²) in [5.74, 6) is -2.13. The lowest BCUT2D eigenvalue weighted by atomic mass is 10.0. The van der Waals surface area contributed by atoms with Crippen LogP contribution in [0.4, 0.5) is 26.3 Å². The molecule has 0 aliphatic carbocycles. The van der Waals surface area contributed by atoms with Gasteiger partial charge >= 0.3 is 24.7 Å². The van der Waals surface area contributed by atoms with Gasteiger partial charge in [-0.3, -0.25) is 9.97 Å². The highest BCUT2D eigenvalue weighted by Crippen LogP contribution is 2.28. The molecule has 10 nitrogen and oxygen atoms in total. The number of hydrogen-bond acceptors (Lipinski definition) is 7. The van der Waals surface area contributed by atoms with Gasteiger partial charge in [0.05, 0.1) is 39.7 Å². The zero-order valence-electron chi connectivity index (χ0n) is 33.8. The number of esters is 1. The van der Waals surface area contributed by atoms with Gasteiger partial charge in [0, 0.05) is 61.8 Å². The van der Waals surface area contributed by atoms with Gasteiger partial charge < -0.3 is 28.5 Å². The van der Waals surface area contributed by atoms with Crippen molar-refractivity contribution in [3.05, 3.63) is 189 Å². The van der Waals surface area contributed by atoms with E-state index in [0.717, 1.165) is 32.9 Å². The number of fused-ring (bicyclic) bond motifs is 2. The monoisotopic (exact) mass is 934 g/mol. The number of carboxylic acid groups (broad SMARTS) is 1. The van der Waals surface area contributed by atoms with Gasteiger partial charge in [0.15, 0.2) is 0 Å². The summed E-state index contributed by atoms with van der Waals surface area (Å²) in [6, 6.07) is 30.0. The van der Waals surface area contributed by atoms with Crippen molar-refractivity contribution in [3.63, 3.8) is 0 Å². The van der Waals surface area contributed by atoms with Gasteiger partial charge in [0.1, 0.15) is 11.5 Å². The molecule has 8 aromatic rings. The van der Waals surface area contributed by atoms with E-state index in [0.29, 0.717) is 59.0 Å². The molecule has 18 heteroatoms. The van der Waals surface area contributed by atoms with E-state index in [1.807, 2.05) is 70.1 Å². The SMILES string of the molecule is COC(=O)c1cc(Cl)cnc1Cc1ccc2c(ccn2Cc2cccc(OC(F)(F)F)c2)c1.O=C(O)c1cc(Cl)cnc1Cc1ccc2c(ccn2Cc2cccc(OC(F)(F)F)c2)c1. The largest absolute Gasteiger partial charge is 0.573 e. The molecular formula is C47H34Cl2F6N4O6. The first kappa shape index (κ1) is 46.0. The maximum absolute atomic E-state index is 12.5. The number of halogens is 8. The molecule has 65 heavy (non-hydrogen) atoms. The zero-order valence-corrected chi connectivity index (χ0v) is 35.3. The average molecular weight is 936 g/mol. The molecule has 0 saturated heterocycles. The molecule has 0 atom stereocenters. The smallest absolute Gasteiger partial charge is 0.478 e. The third-order valence-corrected chi connectivity index (χ3v) is 10.3. The third kappa shape index (κ3) is 12.2. The molecule has 4 heterocycles. The van der Waals surface area contributed by atoms with Crippen molar-refractivity contribution in [2.75, 3.05) is 7.11 Å². The maximum Gasteiger partial charge on any atom is 0.573 e. The summed E-state index contributed by atoms with van der Waals surface area (Å²) in [6.45, 7) is 0.739. The second kappa shape index (κ2) is 19.4. The van der Waals surface area contributed by atoms with Gasteiger partial charge in [0.25, 0.3) is 0 Å². The molecule has 8 rings (SSSR count). The molecule has 0 radical (unpaired) electrons. The van der Waals surface area contributed by atoms with E-state index in [1.165, 1.54) is 68.0 Å². The number of benzene rings is 4. The van der Waals surface area contributed by atoms with Crippen LogP contribution in [0, 0.1) is 0 Å². The minimum Gasteiger partial charge on any atom is -0.478 e. The van der Waals surface area contributed by atoms with Crippen LogP contribution in [0.15, 0.2) is 134 Å². The quantitative estimate of drug-likeness (QED) is 0.0951. The number of hydrogen-bond donors (Lipinski definition) is 1. The van der Waals surface area contributed by atoms with Crippen molar-refractivity contribution in [1.82, 2.24) is 19.1 Å². The van der Waals surface area contributed by atoms with Gasteiger partial charge in [-0.15, -0.1) is 26.3 Å². The van der Waals surface area contributed by atoms with E-state index in [1.54, 1.807) is 12.1 Å². The second-order valence-electron chi connectivity index (χ2n) is 14.5. The van der Waals surface area contributed by atoms with Crippen molar-refractivity contribution >= 4 is 56.9 Å². The van der Waals surface area contributed by atoms with Crippen LogP contribution >= 0.6 is 23.2 Å². The lowest BCUT2D eigenvalue weighted by Gasteiger charge is -2.11. The molecule has 1 N–H and O–H groups in total. The number of methoxy groups -OCH3 is 1. The second-order valence-corrected chi connectivity index (χ2v) is 15.4. The Hall–Kier alpha value is -7.04. The lowest BCUT2D eigenvalue weighted by Crippen LogP contribution is -2.17. The Kier molecular flexibility index (Phi) is 13.7. The predicted octanol–water partition coefficient (Wildman–Crippen LogP) is 11.9. The first-order valence-corrected chi connectivity index (χ1v) is 20.1. The molecule has 0 saturated carbocycles.